The summed E-state index contributed by atoms with van der Waals surface area (Å²) < 4.78 is 30.9. The monoisotopic (exact) mass is 254 g/mol. The zero-order valence-electron chi connectivity index (χ0n) is 8.70. The first-order chi connectivity index (χ1) is 8.08. The average Bonchev–Trinajstić information content (AvgIpc) is 2.80. The Kier molecular flexibility index (Phi) is 3.07. The SMILES string of the molecule is Nc1ncc(S(=O)(=O)NCc2ccco2)cn1. The van der Waals surface area contributed by atoms with Crippen LogP contribution in [0.1, 0.15) is 5.76 Å². The van der Waals surface area contributed by atoms with Crippen LogP contribution in [0, 0.1) is 0 Å². The van der Waals surface area contributed by atoms with Crippen molar-refractivity contribution in [2.45, 2.75) is 11.4 Å². The van der Waals surface area contributed by atoms with E-state index < -0.39 is 10.0 Å². The van der Waals surface area contributed by atoms with Crippen LogP contribution in [-0.2, 0) is 16.6 Å². The summed E-state index contributed by atoms with van der Waals surface area (Å²) in [6, 6.07) is 3.35. The van der Waals surface area contributed by atoms with Gasteiger partial charge in [-0.05, 0) is 12.1 Å². The fraction of sp³-hybridized carbons (Fsp3) is 0.111. The number of nitrogens with zero attached hydrogens (tertiary/aromatic N) is 2. The lowest BCUT2D eigenvalue weighted by atomic mass is 10.5. The second kappa shape index (κ2) is 4.52. The normalized spacial score (nSPS) is 11.5. The Hall–Kier alpha value is -1.93. The first-order valence-electron chi connectivity index (χ1n) is 4.67. The molecule has 7 nitrogen and oxygen atoms in total. The van der Waals surface area contributed by atoms with Gasteiger partial charge < -0.3 is 10.2 Å². The van der Waals surface area contributed by atoms with Gasteiger partial charge in [-0.2, -0.15) is 0 Å². The van der Waals surface area contributed by atoms with E-state index >= 15 is 0 Å². The number of furan rings is 1. The highest BCUT2D eigenvalue weighted by atomic mass is 32.2. The molecule has 0 bridgehead atoms. The largest absolute Gasteiger partial charge is 0.468 e. The van der Waals surface area contributed by atoms with Gasteiger partial charge in [0.2, 0.25) is 16.0 Å². The van der Waals surface area contributed by atoms with Crippen LogP contribution in [0.5, 0.6) is 0 Å². The third-order valence-electron chi connectivity index (χ3n) is 1.97. The van der Waals surface area contributed by atoms with Gasteiger partial charge in [-0.25, -0.2) is 23.1 Å². The van der Waals surface area contributed by atoms with Crippen LogP contribution in [0.2, 0.25) is 0 Å². The average molecular weight is 254 g/mol. The number of nitrogens with two attached hydrogens (primary N) is 1. The van der Waals surface area contributed by atoms with Crippen molar-refractivity contribution in [3.05, 3.63) is 36.5 Å². The second-order valence-corrected chi connectivity index (χ2v) is 4.95. The molecule has 2 heterocycles. The van der Waals surface area contributed by atoms with Crippen molar-refractivity contribution in [1.82, 2.24) is 14.7 Å². The number of hydrogen-bond acceptors (Lipinski definition) is 6. The molecule has 0 saturated heterocycles. The smallest absolute Gasteiger partial charge is 0.244 e. The minimum absolute atomic E-state index is 0.0231. The molecule has 0 aliphatic carbocycles. The van der Waals surface area contributed by atoms with Crippen LogP contribution in [0.3, 0.4) is 0 Å². The Morgan fingerprint density at radius 1 is 1.35 bits per heavy atom. The van der Waals surface area contributed by atoms with Crippen molar-refractivity contribution in [1.29, 1.82) is 0 Å². The van der Waals surface area contributed by atoms with Crippen molar-refractivity contribution >= 4 is 16.0 Å². The highest BCUT2D eigenvalue weighted by Gasteiger charge is 2.15. The molecule has 0 spiro atoms. The molecule has 0 aliphatic heterocycles. The van der Waals surface area contributed by atoms with E-state index in [9.17, 15) is 8.42 Å². The Balaban J connectivity index is 2.11. The summed E-state index contributed by atoms with van der Waals surface area (Å²) >= 11 is 0. The summed E-state index contributed by atoms with van der Waals surface area (Å²) in [4.78, 5) is 7.19. The summed E-state index contributed by atoms with van der Waals surface area (Å²) in [7, 11) is -3.64. The molecule has 0 unspecified atom stereocenters. The standard InChI is InChI=1S/C9H10N4O3S/c10-9-11-5-8(6-12-9)17(14,15)13-4-7-2-1-3-16-7/h1-3,5-6,13H,4H2,(H2,10,11,12). The number of nitrogen functional groups attached to an aromatic ring is 1. The van der Waals surface area contributed by atoms with Gasteiger partial charge >= 0.3 is 0 Å². The summed E-state index contributed by atoms with van der Waals surface area (Å²) in [5, 5.41) is 0. The van der Waals surface area contributed by atoms with Gasteiger partial charge in [0, 0.05) is 0 Å². The second-order valence-electron chi connectivity index (χ2n) is 3.18. The zero-order chi connectivity index (χ0) is 12.3. The van der Waals surface area contributed by atoms with Gasteiger partial charge in [-0.3, -0.25) is 0 Å². The third-order valence-corrected chi connectivity index (χ3v) is 3.33. The Bertz CT molecular complexity index is 577. The molecule has 2 rings (SSSR count). The van der Waals surface area contributed by atoms with Crippen LogP contribution in [0.15, 0.2) is 40.1 Å². The van der Waals surface area contributed by atoms with Gasteiger partial charge in [0.1, 0.15) is 10.7 Å². The molecule has 90 valence electrons. The van der Waals surface area contributed by atoms with E-state index in [0.717, 1.165) is 12.4 Å². The topological polar surface area (TPSA) is 111 Å². The minimum Gasteiger partial charge on any atom is -0.468 e. The number of sulfonamides is 1. The first-order valence-corrected chi connectivity index (χ1v) is 6.16. The molecule has 0 aliphatic rings. The first kappa shape index (κ1) is 11.6. The van der Waals surface area contributed by atoms with E-state index in [1.807, 2.05) is 0 Å². The molecule has 0 fully saturated rings. The fourth-order valence-corrected chi connectivity index (χ4v) is 2.01. The molecule has 0 atom stereocenters. The summed E-state index contributed by atoms with van der Waals surface area (Å²) in [6.45, 7) is 0.0692. The molecule has 0 saturated carbocycles. The summed E-state index contributed by atoms with van der Waals surface area (Å²) in [5.74, 6) is 0.542. The Morgan fingerprint density at radius 3 is 2.65 bits per heavy atom. The number of aromatic nitrogens is 2. The molecule has 0 aromatic carbocycles. The summed E-state index contributed by atoms with van der Waals surface area (Å²) in [5.41, 5.74) is 5.27. The van der Waals surface area contributed by atoms with E-state index in [1.54, 1.807) is 12.1 Å². The Morgan fingerprint density at radius 2 is 2.06 bits per heavy atom. The van der Waals surface area contributed by atoms with Crippen LogP contribution in [-0.4, -0.2) is 18.4 Å². The van der Waals surface area contributed by atoms with E-state index in [0.29, 0.717) is 5.76 Å². The lowest BCUT2D eigenvalue weighted by Crippen LogP contribution is -2.23. The predicted molar refractivity (Wildman–Crippen MR) is 59.2 cm³/mol. The molecule has 3 N–H and O–H groups in total. The lowest BCUT2D eigenvalue weighted by Gasteiger charge is -2.04. The van der Waals surface area contributed by atoms with E-state index in [-0.39, 0.29) is 17.4 Å². The van der Waals surface area contributed by atoms with Gasteiger partial charge in [-0.1, -0.05) is 0 Å². The van der Waals surface area contributed by atoms with Gasteiger partial charge in [-0.15, -0.1) is 0 Å². The quantitative estimate of drug-likeness (QED) is 0.802. The molecular formula is C9H10N4O3S. The van der Waals surface area contributed by atoms with Crippen LogP contribution in [0.4, 0.5) is 5.95 Å². The van der Waals surface area contributed by atoms with Crippen molar-refractivity contribution in [2.75, 3.05) is 5.73 Å². The zero-order valence-corrected chi connectivity index (χ0v) is 9.52. The van der Waals surface area contributed by atoms with Gasteiger partial charge in [0.15, 0.2) is 0 Å². The van der Waals surface area contributed by atoms with Crippen molar-refractivity contribution in [2.24, 2.45) is 0 Å². The highest BCUT2D eigenvalue weighted by molar-refractivity contribution is 7.89. The molecule has 2 aromatic rings. The fourth-order valence-electron chi connectivity index (χ4n) is 1.13. The lowest BCUT2D eigenvalue weighted by molar-refractivity contribution is 0.498. The summed E-state index contributed by atoms with van der Waals surface area (Å²) in [6.07, 6.45) is 3.76. The van der Waals surface area contributed by atoms with Crippen LogP contribution >= 0.6 is 0 Å². The van der Waals surface area contributed by atoms with E-state index in [4.69, 9.17) is 10.2 Å². The van der Waals surface area contributed by atoms with Crippen molar-refractivity contribution in [3.8, 4) is 0 Å². The number of hydrogen-bond donors (Lipinski definition) is 2. The minimum atomic E-state index is -3.64. The Labute approximate surface area is 97.7 Å². The predicted octanol–water partition coefficient (Wildman–Crippen LogP) is 0.130. The van der Waals surface area contributed by atoms with Crippen molar-refractivity contribution in [3.63, 3.8) is 0 Å². The maximum atomic E-state index is 11.8. The maximum absolute atomic E-state index is 11.8. The number of anilines is 1. The van der Waals surface area contributed by atoms with Gasteiger partial charge in [0.25, 0.3) is 0 Å². The third kappa shape index (κ3) is 2.80. The molecule has 8 heteroatoms. The van der Waals surface area contributed by atoms with Crippen LogP contribution < -0.4 is 10.5 Å². The molecular weight excluding hydrogens is 244 g/mol. The number of rotatable bonds is 4. The van der Waals surface area contributed by atoms with E-state index in [1.165, 1.54) is 6.26 Å². The maximum Gasteiger partial charge on any atom is 0.244 e. The highest BCUT2D eigenvalue weighted by Crippen LogP contribution is 2.07. The van der Waals surface area contributed by atoms with Crippen molar-refractivity contribution < 1.29 is 12.8 Å². The molecule has 2 aromatic heterocycles. The van der Waals surface area contributed by atoms with Gasteiger partial charge in [0.05, 0.1) is 25.2 Å². The molecule has 17 heavy (non-hydrogen) atoms. The number of nitrogens with one attached hydrogen (secondary N) is 1. The molecule has 0 radical (unpaired) electrons. The van der Waals surface area contributed by atoms with Crippen LogP contribution in [0.25, 0.3) is 0 Å². The van der Waals surface area contributed by atoms with E-state index in [2.05, 4.69) is 14.7 Å². The molecule has 0 amide bonds.